The van der Waals surface area contributed by atoms with Crippen molar-refractivity contribution < 1.29 is 13.2 Å². The average Bonchev–Trinajstić information content (AvgIpc) is 2.98. The average molecular weight is 290 g/mol. The largest absolute Gasteiger partial charge is 0.384 e. The summed E-state index contributed by atoms with van der Waals surface area (Å²) < 4.78 is 31.7. The SMILES string of the molecule is COCC1CCN(S(=O)(=O)c2cc(CN)cs2)C1. The number of nitrogens with zero attached hydrogens (tertiary/aromatic N) is 1. The van der Waals surface area contributed by atoms with Crippen LogP contribution in [0, 0.1) is 5.92 Å². The molecule has 1 aliphatic heterocycles. The van der Waals surface area contributed by atoms with Gasteiger partial charge in [0.05, 0.1) is 6.61 Å². The van der Waals surface area contributed by atoms with E-state index in [0.29, 0.717) is 36.4 Å². The lowest BCUT2D eigenvalue weighted by Gasteiger charge is -2.15. The molecule has 5 nitrogen and oxygen atoms in total. The van der Waals surface area contributed by atoms with Gasteiger partial charge in [-0.15, -0.1) is 11.3 Å². The molecule has 1 fully saturated rings. The Morgan fingerprint density at radius 2 is 2.39 bits per heavy atom. The Morgan fingerprint density at radius 3 is 3.00 bits per heavy atom. The van der Waals surface area contributed by atoms with Crippen LogP contribution in [-0.4, -0.2) is 39.5 Å². The number of rotatable bonds is 5. The molecule has 0 radical (unpaired) electrons. The van der Waals surface area contributed by atoms with Gasteiger partial charge in [0, 0.05) is 26.7 Å². The van der Waals surface area contributed by atoms with Crippen LogP contribution in [0.15, 0.2) is 15.7 Å². The van der Waals surface area contributed by atoms with Gasteiger partial charge in [0.25, 0.3) is 10.0 Å². The lowest BCUT2D eigenvalue weighted by Crippen LogP contribution is -2.28. The van der Waals surface area contributed by atoms with Crippen LogP contribution in [0.1, 0.15) is 12.0 Å². The van der Waals surface area contributed by atoms with Gasteiger partial charge < -0.3 is 10.5 Å². The van der Waals surface area contributed by atoms with Gasteiger partial charge in [-0.1, -0.05) is 0 Å². The molecule has 0 aliphatic carbocycles. The van der Waals surface area contributed by atoms with Gasteiger partial charge in [-0.25, -0.2) is 8.42 Å². The Morgan fingerprint density at radius 1 is 1.61 bits per heavy atom. The standard InChI is InChI=1S/C11H18N2O3S2/c1-16-7-9-2-3-13(6-9)18(14,15)11-4-10(5-12)8-17-11/h4,8-9H,2-3,5-7,12H2,1H3. The van der Waals surface area contributed by atoms with Crippen molar-refractivity contribution in [2.24, 2.45) is 11.7 Å². The highest BCUT2D eigenvalue weighted by Crippen LogP contribution is 2.28. The van der Waals surface area contributed by atoms with E-state index in [1.807, 2.05) is 0 Å². The van der Waals surface area contributed by atoms with Crippen LogP contribution >= 0.6 is 11.3 Å². The van der Waals surface area contributed by atoms with Crippen molar-refractivity contribution in [1.29, 1.82) is 0 Å². The number of nitrogens with two attached hydrogens (primary N) is 1. The molecule has 1 unspecified atom stereocenters. The van der Waals surface area contributed by atoms with Gasteiger partial charge in [-0.05, 0) is 29.3 Å². The smallest absolute Gasteiger partial charge is 0.252 e. The van der Waals surface area contributed by atoms with Crippen LogP contribution in [0.5, 0.6) is 0 Å². The first-order chi connectivity index (χ1) is 8.57. The quantitative estimate of drug-likeness (QED) is 0.873. The minimum Gasteiger partial charge on any atom is -0.384 e. The Labute approximate surface area is 112 Å². The molecule has 102 valence electrons. The first-order valence-corrected chi connectivity index (χ1v) is 8.16. The monoisotopic (exact) mass is 290 g/mol. The second-order valence-electron chi connectivity index (χ2n) is 4.45. The summed E-state index contributed by atoms with van der Waals surface area (Å²) in [5.41, 5.74) is 6.37. The van der Waals surface area contributed by atoms with Crippen LogP contribution < -0.4 is 5.73 Å². The maximum Gasteiger partial charge on any atom is 0.252 e. The summed E-state index contributed by atoms with van der Waals surface area (Å²) in [5.74, 6) is 0.304. The number of hydrogen-bond acceptors (Lipinski definition) is 5. The molecule has 0 bridgehead atoms. The zero-order valence-corrected chi connectivity index (χ0v) is 12.0. The third kappa shape index (κ3) is 2.75. The second-order valence-corrected chi connectivity index (χ2v) is 7.53. The molecule has 0 aromatic carbocycles. The van der Waals surface area contributed by atoms with Gasteiger partial charge in [0.15, 0.2) is 0 Å². The third-order valence-corrected chi connectivity index (χ3v) is 6.44. The highest BCUT2D eigenvalue weighted by Gasteiger charge is 2.33. The number of sulfonamides is 1. The van der Waals surface area contributed by atoms with Crippen LogP contribution in [-0.2, 0) is 21.3 Å². The molecule has 2 N–H and O–H groups in total. The molecule has 1 aromatic rings. The molecule has 18 heavy (non-hydrogen) atoms. The lowest BCUT2D eigenvalue weighted by molar-refractivity contribution is 0.157. The number of hydrogen-bond donors (Lipinski definition) is 1. The van der Waals surface area contributed by atoms with Crippen molar-refractivity contribution in [3.63, 3.8) is 0 Å². The summed E-state index contributed by atoms with van der Waals surface area (Å²) in [7, 11) is -1.70. The van der Waals surface area contributed by atoms with E-state index >= 15 is 0 Å². The van der Waals surface area contributed by atoms with E-state index in [0.717, 1.165) is 12.0 Å². The Kier molecular flexibility index (Phi) is 4.39. The first kappa shape index (κ1) is 14.0. The number of methoxy groups -OCH3 is 1. The van der Waals surface area contributed by atoms with E-state index in [1.54, 1.807) is 22.9 Å². The van der Waals surface area contributed by atoms with Crippen molar-refractivity contribution in [3.05, 3.63) is 17.0 Å². The fourth-order valence-corrected chi connectivity index (χ4v) is 5.02. The summed E-state index contributed by atoms with van der Waals surface area (Å²) in [6.07, 6.45) is 0.863. The van der Waals surface area contributed by atoms with Crippen molar-refractivity contribution in [2.45, 2.75) is 17.2 Å². The molecule has 2 rings (SSSR count). The summed E-state index contributed by atoms with van der Waals surface area (Å²) in [6.45, 7) is 2.11. The van der Waals surface area contributed by atoms with Gasteiger partial charge in [0.2, 0.25) is 0 Å². The highest BCUT2D eigenvalue weighted by atomic mass is 32.2. The minimum absolute atomic E-state index is 0.304. The van der Waals surface area contributed by atoms with E-state index in [-0.39, 0.29) is 0 Å². The summed E-state index contributed by atoms with van der Waals surface area (Å²) in [4.78, 5) is 0. The molecule has 1 aromatic heterocycles. The van der Waals surface area contributed by atoms with E-state index in [2.05, 4.69) is 0 Å². The van der Waals surface area contributed by atoms with E-state index in [4.69, 9.17) is 10.5 Å². The predicted octanol–water partition coefficient (Wildman–Crippen LogP) is 0.864. The Hall–Kier alpha value is -0.470. The van der Waals surface area contributed by atoms with Crippen LogP contribution in [0.25, 0.3) is 0 Å². The van der Waals surface area contributed by atoms with E-state index < -0.39 is 10.0 Å². The van der Waals surface area contributed by atoms with Crippen molar-refractivity contribution in [2.75, 3.05) is 26.8 Å². The predicted molar refractivity (Wildman–Crippen MR) is 71.0 cm³/mol. The van der Waals surface area contributed by atoms with Gasteiger partial charge in [-0.3, -0.25) is 0 Å². The number of thiophene rings is 1. The number of ether oxygens (including phenoxy) is 1. The molecule has 0 amide bonds. The zero-order valence-electron chi connectivity index (χ0n) is 10.3. The maximum absolute atomic E-state index is 12.4. The van der Waals surface area contributed by atoms with E-state index in [9.17, 15) is 8.42 Å². The lowest BCUT2D eigenvalue weighted by atomic mass is 10.1. The van der Waals surface area contributed by atoms with Crippen LogP contribution in [0.3, 0.4) is 0 Å². The van der Waals surface area contributed by atoms with E-state index in [1.165, 1.54) is 11.3 Å². The topological polar surface area (TPSA) is 72.6 Å². The zero-order chi connectivity index (χ0) is 13.2. The summed E-state index contributed by atoms with van der Waals surface area (Å²) in [6, 6.07) is 1.67. The first-order valence-electron chi connectivity index (χ1n) is 5.84. The molecule has 1 aliphatic rings. The molecular weight excluding hydrogens is 272 g/mol. The Bertz CT molecular complexity index is 498. The molecular formula is C11H18N2O3S2. The maximum atomic E-state index is 12.4. The highest BCUT2D eigenvalue weighted by molar-refractivity contribution is 7.91. The molecule has 0 saturated carbocycles. The second kappa shape index (κ2) is 5.66. The molecule has 2 heterocycles. The molecule has 0 spiro atoms. The molecule has 7 heteroatoms. The Balaban J connectivity index is 2.12. The fraction of sp³-hybridized carbons (Fsp3) is 0.636. The normalized spacial score (nSPS) is 21.6. The molecule has 1 saturated heterocycles. The van der Waals surface area contributed by atoms with Gasteiger partial charge in [0.1, 0.15) is 4.21 Å². The van der Waals surface area contributed by atoms with Crippen molar-refractivity contribution >= 4 is 21.4 Å². The summed E-state index contributed by atoms with van der Waals surface area (Å²) in [5, 5.41) is 1.80. The summed E-state index contributed by atoms with van der Waals surface area (Å²) >= 11 is 1.24. The van der Waals surface area contributed by atoms with Crippen LogP contribution in [0.4, 0.5) is 0 Å². The third-order valence-electron chi connectivity index (χ3n) is 3.11. The molecule has 1 atom stereocenters. The minimum atomic E-state index is -3.34. The van der Waals surface area contributed by atoms with Gasteiger partial charge in [-0.2, -0.15) is 4.31 Å². The fourth-order valence-electron chi connectivity index (χ4n) is 2.11. The van der Waals surface area contributed by atoms with Crippen LogP contribution in [0.2, 0.25) is 0 Å². The van der Waals surface area contributed by atoms with Gasteiger partial charge >= 0.3 is 0 Å². The van der Waals surface area contributed by atoms with Crippen molar-refractivity contribution in [1.82, 2.24) is 4.31 Å². The van der Waals surface area contributed by atoms with Crippen molar-refractivity contribution in [3.8, 4) is 0 Å².